The Balaban J connectivity index is 1.99. The van der Waals surface area contributed by atoms with Crippen LogP contribution in [0.5, 0.6) is 11.5 Å². The molecule has 0 saturated heterocycles. The lowest BCUT2D eigenvalue weighted by Gasteiger charge is -2.12. The highest BCUT2D eigenvalue weighted by Crippen LogP contribution is 2.22. The van der Waals surface area contributed by atoms with Crippen molar-refractivity contribution >= 4 is 18.2 Å². The Morgan fingerprint density at radius 1 is 0.840 bits per heavy atom. The molecule has 25 heavy (non-hydrogen) atoms. The second kappa shape index (κ2) is 9.09. The number of benzene rings is 2. The van der Waals surface area contributed by atoms with Gasteiger partial charge in [-0.15, -0.1) is 0 Å². The molecule has 0 bridgehead atoms. The topological polar surface area (TPSA) is 60.7 Å². The molecule has 3 N–H and O–H groups in total. The minimum atomic E-state index is -0.252. The molecule has 2 rings (SSSR count). The van der Waals surface area contributed by atoms with E-state index in [0.717, 1.165) is 29.5 Å². The molecule has 1 unspecified atom stereocenters. The fourth-order valence-corrected chi connectivity index (χ4v) is 2.49. The normalized spacial score (nSPS) is 13.1. The van der Waals surface area contributed by atoms with Crippen LogP contribution in [-0.4, -0.2) is 21.4 Å². The highest BCUT2D eigenvalue weighted by Gasteiger charge is 2.06. The van der Waals surface area contributed by atoms with Crippen molar-refractivity contribution in [2.24, 2.45) is 5.92 Å². The van der Waals surface area contributed by atoms with E-state index < -0.39 is 0 Å². The van der Waals surface area contributed by atoms with Gasteiger partial charge in [-0.25, -0.2) is 0 Å². The number of allylic oxidation sites excluding steroid dienone is 1. The van der Waals surface area contributed by atoms with Crippen molar-refractivity contribution in [2.45, 2.75) is 32.8 Å². The van der Waals surface area contributed by atoms with E-state index in [-0.39, 0.29) is 17.6 Å². The summed E-state index contributed by atoms with van der Waals surface area (Å²) >= 11 is 0. The Hall–Kier alpha value is -2.52. The van der Waals surface area contributed by atoms with Gasteiger partial charge in [0.15, 0.2) is 0 Å². The van der Waals surface area contributed by atoms with Gasteiger partial charge in [-0.05, 0) is 53.6 Å². The first kappa shape index (κ1) is 18.8. The van der Waals surface area contributed by atoms with E-state index in [4.69, 9.17) is 0 Å². The summed E-state index contributed by atoms with van der Waals surface area (Å²) in [5.74, 6) is 0.374. The molecular weight excluding hydrogens is 312 g/mol. The van der Waals surface area contributed by atoms with E-state index >= 15 is 0 Å². The zero-order valence-corrected chi connectivity index (χ0v) is 14.8. The molecule has 0 heterocycles. The van der Waals surface area contributed by atoms with E-state index in [1.165, 1.54) is 6.07 Å². The zero-order valence-electron chi connectivity index (χ0n) is 14.8. The molecule has 1 atom stereocenters. The van der Waals surface area contributed by atoms with E-state index in [2.05, 4.69) is 18.2 Å². The van der Waals surface area contributed by atoms with Crippen LogP contribution in [0.15, 0.2) is 48.5 Å². The summed E-state index contributed by atoms with van der Waals surface area (Å²) in [4.78, 5) is 0. The Labute approximate surface area is 149 Å². The summed E-state index contributed by atoms with van der Waals surface area (Å²) in [6.45, 7) is 4.05. The third-order valence-corrected chi connectivity index (χ3v) is 4.01. The van der Waals surface area contributed by atoms with Gasteiger partial charge < -0.3 is 15.3 Å². The largest absolute Gasteiger partial charge is 0.508 e. The number of aliphatic hydroxyl groups excluding tert-OH is 1. The second-order valence-electron chi connectivity index (χ2n) is 6.58. The lowest BCUT2D eigenvalue weighted by atomic mass is 10.0. The smallest absolute Gasteiger partial charge is 0.119 e. The van der Waals surface area contributed by atoms with Gasteiger partial charge in [-0.2, -0.15) is 0 Å². The standard InChI is InChI=1S/C22H26O3/c1-16(2)22(25)9-4-3-6-17-7-5-8-18(12-17)10-11-19-13-20(23)15-21(24)14-19/h3,5-8,10-16,22-25H,4,9H2,1-2H3/b6-3+,11-10+. The van der Waals surface area contributed by atoms with E-state index in [1.54, 1.807) is 12.1 Å². The fraction of sp³-hybridized carbons (Fsp3) is 0.273. The molecule has 0 aromatic heterocycles. The summed E-state index contributed by atoms with van der Waals surface area (Å²) < 4.78 is 0. The number of hydrogen-bond donors (Lipinski definition) is 3. The SMILES string of the molecule is CC(C)C(O)CC/C=C/c1cccc(/C=C/c2cc(O)cc(O)c2)c1. The number of hydrogen-bond acceptors (Lipinski definition) is 3. The first-order chi connectivity index (χ1) is 11.9. The summed E-state index contributed by atoms with van der Waals surface area (Å²) in [6.07, 6.45) is 9.30. The first-order valence-electron chi connectivity index (χ1n) is 8.60. The van der Waals surface area contributed by atoms with Gasteiger partial charge >= 0.3 is 0 Å². The molecule has 3 nitrogen and oxygen atoms in total. The first-order valence-corrected chi connectivity index (χ1v) is 8.60. The number of aliphatic hydroxyl groups is 1. The van der Waals surface area contributed by atoms with Crippen molar-refractivity contribution in [3.8, 4) is 11.5 Å². The van der Waals surface area contributed by atoms with Crippen molar-refractivity contribution in [3.63, 3.8) is 0 Å². The van der Waals surface area contributed by atoms with Crippen LogP contribution < -0.4 is 0 Å². The molecule has 0 aliphatic rings. The van der Waals surface area contributed by atoms with Crippen LogP contribution in [0.3, 0.4) is 0 Å². The van der Waals surface area contributed by atoms with Crippen molar-refractivity contribution in [1.82, 2.24) is 0 Å². The highest BCUT2D eigenvalue weighted by atomic mass is 16.3. The van der Waals surface area contributed by atoms with E-state index in [0.29, 0.717) is 5.92 Å². The predicted molar refractivity (Wildman–Crippen MR) is 104 cm³/mol. The monoisotopic (exact) mass is 338 g/mol. The summed E-state index contributed by atoms with van der Waals surface area (Å²) in [7, 11) is 0. The third kappa shape index (κ3) is 6.48. The molecule has 0 saturated carbocycles. The highest BCUT2D eigenvalue weighted by molar-refractivity contribution is 5.72. The summed E-state index contributed by atoms with van der Waals surface area (Å²) in [5, 5.41) is 28.8. The Morgan fingerprint density at radius 2 is 1.44 bits per heavy atom. The van der Waals surface area contributed by atoms with Crippen LogP contribution in [0.25, 0.3) is 18.2 Å². The van der Waals surface area contributed by atoms with Gasteiger partial charge in [0.05, 0.1) is 6.10 Å². The molecule has 0 fully saturated rings. The number of phenols is 2. The van der Waals surface area contributed by atoms with Crippen molar-refractivity contribution in [3.05, 3.63) is 65.2 Å². The number of rotatable bonds is 7. The Bertz CT molecular complexity index is 724. The molecule has 0 radical (unpaired) electrons. The lowest BCUT2D eigenvalue weighted by Crippen LogP contribution is -2.13. The third-order valence-electron chi connectivity index (χ3n) is 4.01. The van der Waals surface area contributed by atoms with Crippen LogP contribution in [0.1, 0.15) is 43.4 Å². The van der Waals surface area contributed by atoms with Gasteiger partial charge in [0.25, 0.3) is 0 Å². The van der Waals surface area contributed by atoms with Gasteiger partial charge in [0.1, 0.15) is 11.5 Å². The zero-order chi connectivity index (χ0) is 18.2. The van der Waals surface area contributed by atoms with Crippen LogP contribution >= 0.6 is 0 Å². The molecule has 2 aromatic rings. The van der Waals surface area contributed by atoms with Gasteiger partial charge in [-0.1, -0.05) is 56.4 Å². The molecule has 0 amide bonds. The predicted octanol–water partition coefficient (Wildman–Crippen LogP) is 5.08. The van der Waals surface area contributed by atoms with Crippen LogP contribution in [0.4, 0.5) is 0 Å². The van der Waals surface area contributed by atoms with Crippen LogP contribution in [0.2, 0.25) is 0 Å². The Kier molecular flexibility index (Phi) is 6.84. The van der Waals surface area contributed by atoms with Crippen LogP contribution in [0, 0.1) is 5.92 Å². The maximum atomic E-state index is 9.81. The Morgan fingerprint density at radius 3 is 2.08 bits per heavy atom. The van der Waals surface area contributed by atoms with Gasteiger partial charge in [0.2, 0.25) is 0 Å². The molecule has 3 heteroatoms. The summed E-state index contributed by atoms with van der Waals surface area (Å²) in [6, 6.07) is 12.6. The van der Waals surface area contributed by atoms with Gasteiger partial charge in [0, 0.05) is 6.07 Å². The molecule has 132 valence electrons. The molecule has 0 aliphatic carbocycles. The van der Waals surface area contributed by atoms with E-state index in [1.807, 2.05) is 44.2 Å². The molecule has 0 aliphatic heterocycles. The number of phenolic OH excluding ortho intramolecular Hbond substituents is 2. The molecule has 0 spiro atoms. The fourth-order valence-electron chi connectivity index (χ4n) is 2.49. The van der Waals surface area contributed by atoms with Gasteiger partial charge in [-0.3, -0.25) is 0 Å². The van der Waals surface area contributed by atoms with Crippen molar-refractivity contribution in [2.75, 3.05) is 0 Å². The van der Waals surface area contributed by atoms with Crippen molar-refractivity contribution < 1.29 is 15.3 Å². The summed E-state index contributed by atoms with van der Waals surface area (Å²) in [5.41, 5.74) is 2.87. The lowest BCUT2D eigenvalue weighted by molar-refractivity contribution is 0.117. The van der Waals surface area contributed by atoms with E-state index in [9.17, 15) is 15.3 Å². The molecule has 2 aromatic carbocycles. The minimum Gasteiger partial charge on any atom is -0.508 e. The average Bonchev–Trinajstić information content (AvgIpc) is 2.56. The quantitative estimate of drug-likeness (QED) is 0.617. The minimum absolute atomic E-state index is 0.0416. The number of aromatic hydroxyl groups is 2. The molecular formula is C22H26O3. The van der Waals surface area contributed by atoms with Crippen molar-refractivity contribution in [1.29, 1.82) is 0 Å². The van der Waals surface area contributed by atoms with Crippen LogP contribution in [-0.2, 0) is 0 Å². The second-order valence-corrected chi connectivity index (χ2v) is 6.58. The average molecular weight is 338 g/mol. The maximum Gasteiger partial charge on any atom is 0.119 e. The maximum absolute atomic E-state index is 9.81.